The summed E-state index contributed by atoms with van der Waals surface area (Å²) in [5.74, 6) is -1.57. The van der Waals surface area contributed by atoms with Crippen LogP contribution in [0.1, 0.15) is 41.0 Å². The third-order valence-electron chi connectivity index (χ3n) is 5.44. The van der Waals surface area contributed by atoms with E-state index in [-0.39, 0.29) is 5.92 Å². The van der Waals surface area contributed by atoms with Crippen molar-refractivity contribution >= 4 is 45.8 Å². The zero-order valence-electron chi connectivity index (χ0n) is 17.0. The van der Waals surface area contributed by atoms with Crippen LogP contribution in [0.15, 0.2) is 53.9 Å². The Kier molecular flexibility index (Phi) is 5.89. The van der Waals surface area contributed by atoms with Crippen LogP contribution in [0, 0.1) is 5.92 Å². The number of carbonyl (C=O) groups excluding carboxylic acids is 3. The van der Waals surface area contributed by atoms with Crippen LogP contribution in [0.5, 0.6) is 0 Å². The lowest BCUT2D eigenvalue weighted by molar-refractivity contribution is -0.121. The maximum Gasteiger partial charge on any atom is 0.262 e. The predicted molar refractivity (Wildman–Crippen MR) is 121 cm³/mol. The van der Waals surface area contributed by atoms with E-state index in [9.17, 15) is 14.4 Å². The van der Waals surface area contributed by atoms with Crippen LogP contribution in [-0.2, 0) is 4.79 Å². The number of hydrogen-bond donors (Lipinski definition) is 1. The first-order chi connectivity index (χ1) is 14.9. The zero-order valence-corrected chi connectivity index (χ0v) is 18.5. The number of thiazole rings is 1. The fraction of sp³-hybridized carbons (Fsp3) is 0.217. The number of anilines is 1. The highest BCUT2D eigenvalue weighted by atomic mass is 35.5. The summed E-state index contributed by atoms with van der Waals surface area (Å²) in [5.41, 5.74) is 2.05. The number of carbonyl (C=O) groups is 3. The van der Waals surface area contributed by atoms with Gasteiger partial charge in [0.15, 0.2) is 5.13 Å². The zero-order chi connectivity index (χ0) is 22.1. The van der Waals surface area contributed by atoms with E-state index in [0.717, 1.165) is 10.5 Å². The summed E-state index contributed by atoms with van der Waals surface area (Å²) in [6, 6.07) is 13.0. The molecule has 1 aliphatic heterocycles. The summed E-state index contributed by atoms with van der Waals surface area (Å²) in [6.45, 7) is 3.77. The van der Waals surface area contributed by atoms with Crippen LogP contribution in [0.2, 0.25) is 5.02 Å². The van der Waals surface area contributed by atoms with Crippen LogP contribution < -0.4 is 5.32 Å². The molecule has 0 bridgehead atoms. The molecule has 2 atom stereocenters. The molecule has 3 amide bonds. The van der Waals surface area contributed by atoms with Crippen molar-refractivity contribution in [2.45, 2.75) is 26.3 Å². The number of aromatic nitrogens is 1. The summed E-state index contributed by atoms with van der Waals surface area (Å²) >= 11 is 7.50. The monoisotopic (exact) mass is 453 g/mol. The Balaban J connectivity index is 1.60. The minimum Gasteiger partial charge on any atom is -0.300 e. The smallest absolute Gasteiger partial charge is 0.262 e. The Morgan fingerprint density at radius 1 is 1.06 bits per heavy atom. The standard InChI is InChI=1S/C23H20ClN3O3S/c1-3-13(2)19(27-21(29)14-8-4-5-9-15(14)22(27)30)20(28)26-23-25-18(12-31-23)16-10-6-7-11-17(16)24/h4-13,19H,3H2,1-2H3,(H,25,26,28). The molecule has 4 rings (SSSR count). The van der Waals surface area contributed by atoms with E-state index < -0.39 is 23.8 Å². The average Bonchev–Trinajstić information content (AvgIpc) is 3.33. The van der Waals surface area contributed by atoms with E-state index in [0.29, 0.717) is 33.4 Å². The van der Waals surface area contributed by atoms with Gasteiger partial charge in [-0.05, 0) is 24.1 Å². The molecular weight excluding hydrogens is 434 g/mol. The second-order valence-corrected chi connectivity index (χ2v) is 8.63. The molecule has 158 valence electrons. The van der Waals surface area contributed by atoms with Crippen molar-refractivity contribution < 1.29 is 14.4 Å². The van der Waals surface area contributed by atoms with Crippen molar-refractivity contribution in [1.82, 2.24) is 9.88 Å². The molecule has 2 heterocycles. The van der Waals surface area contributed by atoms with E-state index in [1.54, 1.807) is 35.7 Å². The first kappa shape index (κ1) is 21.2. The maximum absolute atomic E-state index is 13.2. The van der Waals surface area contributed by atoms with E-state index in [4.69, 9.17) is 11.6 Å². The number of fused-ring (bicyclic) bond motifs is 1. The third kappa shape index (κ3) is 3.86. The number of rotatable bonds is 6. The number of benzene rings is 2. The minimum atomic E-state index is -0.940. The van der Waals surface area contributed by atoms with Gasteiger partial charge in [-0.15, -0.1) is 11.3 Å². The van der Waals surface area contributed by atoms with E-state index in [1.807, 2.05) is 32.0 Å². The number of nitrogens with zero attached hydrogens (tertiary/aromatic N) is 2. The van der Waals surface area contributed by atoms with E-state index in [1.165, 1.54) is 11.3 Å². The lowest BCUT2D eigenvalue weighted by Crippen LogP contribution is -2.50. The largest absolute Gasteiger partial charge is 0.300 e. The summed E-state index contributed by atoms with van der Waals surface area (Å²) in [6.07, 6.45) is 0.619. The minimum absolute atomic E-state index is 0.231. The van der Waals surface area contributed by atoms with Gasteiger partial charge in [0.2, 0.25) is 5.91 Å². The summed E-state index contributed by atoms with van der Waals surface area (Å²) < 4.78 is 0. The van der Waals surface area contributed by atoms with Crippen LogP contribution in [0.4, 0.5) is 5.13 Å². The van der Waals surface area contributed by atoms with Gasteiger partial charge < -0.3 is 5.32 Å². The Bertz CT molecular complexity index is 1140. The normalized spacial score (nSPS) is 15.0. The lowest BCUT2D eigenvalue weighted by Gasteiger charge is -2.29. The number of hydrogen-bond acceptors (Lipinski definition) is 5. The Morgan fingerprint density at radius 3 is 2.23 bits per heavy atom. The molecule has 31 heavy (non-hydrogen) atoms. The molecule has 0 spiro atoms. The molecule has 1 aromatic heterocycles. The fourth-order valence-corrected chi connectivity index (χ4v) is 4.56. The number of halogens is 1. The van der Waals surface area contributed by atoms with Crippen molar-refractivity contribution in [3.05, 3.63) is 70.1 Å². The van der Waals surface area contributed by atoms with Crippen LogP contribution in [0.25, 0.3) is 11.3 Å². The van der Waals surface area contributed by atoms with Crippen molar-refractivity contribution in [2.24, 2.45) is 5.92 Å². The van der Waals surface area contributed by atoms with Crippen molar-refractivity contribution in [1.29, 1.82) is 0 Å². The molecule has 1 aliphatic rings. The van der Waals surface area contributed by atoms with Gasteiger partial charge in [0.25, 0.3) is 11.8 Å². The third-order valence-corrected chi connectivity index (χ3v) is 6.53. The molecule has 0 radical (unpaired) electrons. The maximum atomic E-state index is 13.2. The second-order valence-electron chi connectivity index (χ2n) is 7.36. The molecule has 0 fully saturated rings. The molecular formula is C23H20ClN3O3S. The molecule has 2 aromatic carbocycles. The first-order valence-electron chi connectivity index (χ1n) is 9.90. The highest BCUT2D eigenvalue weighted by Crippen LogP contribution is 2.32. The number of nitrogens with one attached hydrogen (secondary N) is 1. The quantitative estimate of drug-likeness (QED) is 0.526. The molecule has 0 saturated carbocycles. The van der Waals surface area contributed by atoms with Gasteiger partial charge in [0, 0.05) is 16.0 Å². The van der Waals surface area contributed by atoms with Gasteiger partial charge >= 0.3 is 0 Å². The summed E-state index contributed by atoms with van der Waals surface area (Å²) in [5, 5.41) is 5.54. The molecule has 0 saturated heterocycles. The lowest BCUT2D eigenvalue weighted by atomic mass is 9.96. The predicted octanol–water partition coefficient (Wildman–Crippen LogP) is 5.11. The van der Waals surface area contributed by atoms with Gasteiger partial charge in [-0.3, -0.25) is 19.3 Å². The SMILES string of the molecule is CCC(C)C(C(=O)Nc1nc(-c2ccccc2Cl)cs1)N1C(=O)c2ccccc2C1=O. The molecule has 8 heteroatoms. The van der Waals surface area contributed by atoms with Crippen LogP contribution in [-0.4, -0.2) is 33.6 Å². The number of amides is 3. The van der Waals surface area contributed by atoms with Crippen molar-refractivity contribution in [2.75, 3.05) is 5.32 Å². The van der Waals surface area contributed by atoms with Gasteiger partial charge in [-0.2, -0.15) is 0 Å². The molecule has 2 unspecified atom stereocenters. The Hall–Kier alpha value is -3.03. The topological polar surface area (TPSA) is 79.4 Å². The van der Waals surface area contributed by atoms with Gasteiger partial charge in [-0.1, -0.05) is 62.2 Å². The second kappa shape index (κ2) is 8.61. The summed E-state index contributed by atoms with van der Waals surface area (Å²) in [4.78, 5) is 44.7. The van der Waals surface area contributed by atoms with Gasteiger partial charge in [-0.25, -0.2) is 4.98 Å². The highest BCUT2D eigenvalue weighted by molar-refractivity contribution is 7.14. The van der Waals surface area contributed by atoms with Crippen molar-refractivity contribution in [3.63, 3.8) is 0 Å². The molecule has 1 N–H and O–H groups in total. The molecule has 3 aromatic rings. The summed E-state index contributed by atoms with van der Waals surface area (Å²) in [7, 11) is 0. The Morgan fingerprint density at radius 2 is 1.65 bits per heavy atom. The highest BCUT2D eigenvalue weighted by Gasteiger charge is 2.44. The molecule has 0 aliphatic carbocycles. The van der Waals surface area contributed by atoms with E-state index in [2.05, 4.69) is 10.3 Å². The number of imide groups is 1. The van der Waals surface area contributed by atoms with Crippen LogP contribution >= 0.6 is 22.9 Å². The average molecular weight is 454 g/mol. The van der Waals surface area contributed by atoms with Crippen LogP contribution in [0.3, 0.4) is 0 Å². The fourth-order valence-electron chi connectivity index (χ4n) is 3.62. The van der Waals surface area contributed by atoms with Gasteiger partial charge in [0.05, 0.1) is 16.8 Å². The van der Waals surface area contributed by atoms with Gasteiger partial charge in [0.1, 0.15) is 6.04 Å². The molecule has 6 nitrogen and oxygen atoms in total. The van der Waals surface area contributed by atoms with Crippen molar-refractivity contribution in [3.8, 4) is 11.3 Å². The first-order valence-corrected chi connectivity index (χ1v) is 11.2. The van der Waals surface area contributed by atoms with E-state index >= 15 is 0 Å². The Labute approximate surface area is 188 Å².